The van der Waals surface area contributed by atoms with Gasteiger partial charge in [0.2, 0.25) is 0 Å². The summed E-state index contributed by atoms with van der Waals surface area (Å²) in [4.78, 5) is 14.4. The Morgan fingerprint density at radius 1 is 1.50 bits per heavy atom. The van der Waals surface area contributed by atoms with Crippen molar-refractivity contribution < 1.29 is 9.90 Å². The molecule has 0 bridgehead atoms. The van der Waals surface area contributed by atoms with Gasteiger partial charge in [0, 0.05) is 6.21 Å². The molecule has 0 aromatic rings. The topological polar surface area (TPSA) is 49.7 Å². The van der Waals surface area contributed by atoms with E-state index in [1.165, 1.54) is 6.92 Å². The maximum atomic E-state index is 10.5. The van der Waals surface area contributed by atoms with E-state index in [0.29, 0.717) is 0 Å². The summed E-state index contributed by atoms with van der Waals surface area (Å²) in [5.74, 6) is -0.931. The van der Waals surface area contributed by atoms with Crippen molar-refractivity contribution in [3.8, 4) is 0 Å². The van der Waals surface area contributed by atoms with Crippen LogP contribution in [-0.2, 0) is 4.79 Å². The molecule has 0 aromatic carbocycles. The molecule has 16 heavy (non-hydrogen) atoms. The number of carboxylic acid groups (broad SMARTS) is 1. The van der Waals surface area contributed by atoms with Gasteiger partial charge in [-0.05, 0) is 25.0 Å². The van der Waals surface area contributed by atoms with Gasteiger partial charge in [-0.15, -0.1) is 0 Å². The Balaban J connectivity index is 4.35. The van der Waals surface area contributed by atoms with Crippen molar-refractivity contribution in [3.05, 3.63) is 48.6 Å². The third-order valence-corrected chi connectivity index (χ3v) is 1.79. The third kappa shape index (κ3) is 6.54. The average molecular weight is 219 g/mol. The Morgan fingerprint density at radius 2 is 2.12 bits per heavy atom. The monoisotopic (exact) mass is 219 g/mol. The molecule has 0 spiro atoms. The van der Waals surface area contributed by atoms with Crippen LogP contribution in [0.3, 0.4) is 0 Å². The molecule has 0 aliphatic rings. The predicted octanol–water partition coefficient (Wildman–Crippen LogP) is 2.78. The molecule has 0 unspecified atom stereocenters. The Hall–Kier alpha value is -1.90. The number of hydrogen-bond donors (Lipinski definition) is 1. The molecule has 0 saturated heterocycles. The van der Waals surface area contributed by atoms with Crippen LogP contribution in [0, 0.1) is 0 Å². The minimum atomic E-state index is -0.931. The summed E-state index contributed by atoms with van der Waals surface area (Å²) in [6.07, 6.45) is 8.65. The Labute approximate surface area is 96.2 Å². The fourth-order valence-corrected chi connectivity index (χ4v) is 0.728. The summed E-state index contributed by atoms with van der Waals surface area (Å²) < 4.78 is 0. The molecular weight excluding hydrogens is 202 g/mol. The van der Waals surface area contributed by atoms with Gasteiger partial charge in [0.15, 0.2) is 0 Å². The SMILES string of the molecule is C=CC(=C)/C=C/C=C(C)/C=N/[C@@H](C)C(=O)O. The Kier molecular flexibility index (Phi) is 6.52. The van der Waals surface area contributed by atoms with E-state index < -0.39 is 12.0 Å². The fourth-order valence-electron chi connectivity index (χ4n) is 0.728. The zero-order chi connectivity index (χ0) is 12.6. The van der Waals surface area contributed by atoms with Gasteiger partial charge in [-0.2, -0.15) is 0 Å². The highest BCUT2D eigenvalue weighted by atomic mass is 16.4. The lowest BCUT2D eigenvalue weighted by atomic mass is 10.2. The molecule has 0 rings (SSSR count). The lowest BCUT2D eigenvalue weighted by Crippen LogP contribution is -2.12. The van der Waals surface area contributed by atoms with Crippen LogP contribution in [0.4, 0.5) is 0 Å². The number of carbonyl (C=O) groups is 1. The van der Waals surface area contributed by atoms with Crippen LogP contribution in [-0.4, -0.2) is 23.3 Å². The molecule has 0 saturated carbocycles. The maximum absolute atomic E-state index is 10.5. The van der Waals surface area contributed by atoms with E-state index in [9.17, 15) is 4.79 Å². The van der Waals surface area contributed by atoms with Crippen LogP contribution in [0.1, 0.15) is 13.8 Å². The lowest BCUT2D eigenvalue weighted by Gasteiger charge is -1.97. The second-order valence-electron chi connectivity index (χ2n) is 3.34. The zero-order valence-electron chi connectivity index (χ0n) is 9.68. The van der Waals surface area contributed by atoms with Crippen molar-refractivity contribution in [2.75, 3.05) is 0 Å². The highest BCUT2D eigenvalue weighted by Crippen LogP contribution is 1.97. The molecule has 0 aliphatic heterocycles. The normalized spacial score (nSPS) is 14.2. The van der Waals surface area contributed by atoms with Gasteiger partial charge in [0.05, 0.1) is 0 Å². The highest BCUT2D eigenvalue weighted by molar-refractivity contribution is 5.82. The first-order valence-corrected chi connectivity index (χ1v) is 4.89. The van der Waals surface area contributed by atoms with Crippen LogP contribution < -0.4 is 0 Å². The first-order valence-electron chi connectivity index (χ1n) is 4.89. The van der Waals surface area contributed by atoms with E-state index in [2.05, 4.69) is 18.2 Å². The minimum Gasteiger partial charge on any atom is -0.480 e. The van der Waals surface area contributed by atoms with Crippen molar-refractivity contribution in [2.24, 2.45) is 4.99 Å². The van der Waals surface area contributed by atoms with Gasteiger partial charge in [0.1, 0.15) is 6.04 Å². The van der Waals surface area contributed by atoms with E-state index in [1.807, 2.05) is 25.2 Å². The second-order valence-corrected chi connectivity index (χ2v) is 3.34. The summed E-state index contributed by atoms with van der Waals surface area (Å²) in [6, 6.07) is -0.713. The van der Waals surface area contributed by atoms with Gasteiger partial charge in [-0.25, -0.2) is 4.79 Å². The molecular formula is C13H17NO2. The predicted molar refractivity (Wildman–Crippen MR) is 67.8 cm³/mol. The maximum Gasteiger partial charge on any atom is 0.328 e. The lowest BCUT2D eigenvalue weighted by molar-refractivity contribution is -0.137. The molecule has 0 amide bonds. The van der Waals surface area contributed by atoms with Crippen LogP contribution in [0.5, 0.6) is 0 Å². The summed E-state index contributed by atoms with van der Waals surface area (Å²) in [7, 11) is 0. The van der Waals surface area contributed by atoms with Crippen molar-refractivity contribution >= 4 is 12.2 Å². The molecule has 86 valence electrons. The number of aliphatic imine (C=N–C) groups is 1. The summed E-state index contributed by atoms with van der Waals surface area (Å²) in [6.45, 7) is 10.7. The van der Waals surface area contributed by atoms with Gasteiger partial charge >= 0.3 is 5.97 Å². The first kappa shape index (κ1) is 14.1. The molecule has 3 nitrogen and oxygen atoms in total. The molecule has 0 radical (unpaired) electrons. The van der Waals surface area contributed by atoms with Crippen LogP contribution in [0.2, 0.25) is 0 Å². The number of carboxylic acids is 1. The number of nitrogens with zero attached hydrogens (tertiary/aromatic N) is 1. The average Bonchev–Trinajstić information content (AvgIpc) is 2.25. The van der Waals surface area contributed by atoms with Crippen molar-refractivity contribution in [1.29, 1.82) is 0 Å². The van der Waals surface area contributed by atoms with Crippen molar-refractivity contribution in [1.82, 2.24) is 0 Å². The van der Waals surface area contributed by atoms with Gasteiger partial charge in [0.25, 0.3) is 0 Å². The number of allylic oxidation sites excluding steroid dienone is 6. The van der Waals surface area contributed by atoms with Crippen molar-refractivity contribution in [3.63, 3.8) is 0 Å². The largest absolute Gasteiger partial charge is 0.480 e. The van der Waals surface area contributed by atoms with Crippen LogP contribution in [0.15, 0.2) is 53.6 Å². The molecule has 0 fully saturated rings. The second kappa shape index (κ2) is 7.40. The minimum absolute atomic E-state index is 0.713. The van der Waals surface area contributed by atoms with Crippen molar-refractivity contribution in [2.45, 2.75) is 19.9 Å². The van der Waals surface area contributed by atoms with Crippen LogP contribution in [0.25, 0.3) is 0 Å². The van der Waals surface area contributed by atoms with Gasteiger partial charge < -0.3 is 5.11 Å². The fraction of sp³-hybridized carbons (Fsp3) is 0.231. The molecule has 1 N–H and O–H groups in total. The third-order valence-electron chi connectivity index (χ3n) is 1.79. The first-order chi connectivity index (χ1) is 7.47. The summed E-state index contributed by atoms with van der Waals surface area (Å²) in [5.41, 5.74) is 1.70. The van der Waals surface area contributed by atoms with E-state index in [1.54, 1.807) is 12.3 Å². The summed E-state index contributed by atoms with van der Waals surface area (Å²) in [5, 5.41) is 8.61. The quantitative estimate of drug-likeness (QED) is 0.551. The number of hydrogen-bond acceptors (Lipinski definition) is 2. The van der Waals surface area contributed by atoms with E-state index in [0.717, 1.165) is 11.1 Å². The molecule has 0 aromatic heterocycles. The van der Waals surface area contributed by atoms with E-state index in [4.69, 9.17) is 5.11 Å². The van der Waals surface area contributed by atoms with Gasteiger partial charge in [-0.1, -0.05) is 37.5 Å². The Bertz CT molecular complexity index is 362. The van der Waals surface area contributed by atoms with E-state index >= 15 is 0 Å². The number of rotatable bonds is 6. The smallest absolute Gasteiger partial charge is 0.328 e. The van der Waals surface area contributed by atoms with Gasteiger partial charge in [-0.3, -0.25) is 4.99 Å². The molecule has 1 atom stereocenters. The molecule has 0 heterocycles. The number of aliphatic carboxylic acids is 1. The standard InChI is InChI=1S/C13H17NO2/c1-5-10(2)7-6-8-11(3)9-14-12(4)13(15)16/h5-9,12H,1-2H2,3-4H3,(H,15,16)/b7-6+,11-8+,14-9+/t12-/m0/s1. The highest BCUT2D eigenvalue weighted by Gasteiger charge is 2.05. The van der Waals surface area contributed by atoms with E-state index in [-0.39, 0.29) is 0 Å². The summed E-state index contributed by atoms with van der Waals surface area (Å²) >= 11 is 0. The molecule has 3 heteroatoms. The zero-order valence-corrected chi connectivity index (χ0v) is 9.68. The Morgan fingerprint density at radius 3 is 2.62 bits per heavy atom. The van der Waals surface area contributed by atoms with Crippen LogP contribution >= 0.6 is 0 Å². The molecule has 0 aliphatic carbocycles.